The van der Waals surface area contributed by atoms with Crippen LogP contribution < -0.4 is 10.6 Å². The lowest BCUT2D eigenvalue weighted by Crippen LogP contribution is -2.39. The number of ether oxygens (including phenoxy) is 1. The van der Waals surface area contributed by atoms with Crippen LogP contribution in [0.3, 0.4) is 0 Å². The van der Waals surface area contributed by atoms with Gasteiger partial charge in [-0.05, 0) is 31.9 Å². The molecule has 0 saturated carbocycles. The summed E-state index contributed by atoms with van der Waals surface area (Å²) < 4.78 is 5.06. The van der Waals surface area contributed by atoms with Crippen LogP contribution in [0.25, 0.3) is 0 Å². The number of nitrogens with two attached hydrogens (primary N) is 1. The number of hydrogen-bond donors (Lipinski definition) is 2. The number of aliphatic hydroxyl groups is 1. The zero-order valence-corrected chi connectivity index (χ0v) is 11.1. The van der Waals surface area contributed by atoms with Crippen molar-refractivity contribution < 1.29 is 14.6 Å². The van der Waals surface area contributed by atoms with Crippen LogP contribution in [-0.2, 0) is 4.74 Å². The van der Waals surface area contributed by atoms with Gasteiger partial charge in [0.25, 0.3) is 0 Å². The molecule has 1 saturated heterocycles. The summed E-state index contributed by atoms with van der Waals surface area (Å²) in [7, 11) is 0. The van der Waals surface area contributed by atoms with Crippen molar-refractivity contribution in [3.05, 3.63) is 23.8 Å². The average molecular weight is 264 g/mol. The summed E-state index contributed by atoms with van der Waals surface area (Å²) in [4.78, 5) is 13.9. The van der Waals surface area contributed by atoms with Crippen molar-refractivity contribution in [1.82, 2.24) is 0 Å². The first kappa shape index (κ1) is 13.7. The Morgan fingerprint density at radius 1 is 1.58 bits per heavy atom. The lowest BCUT2D eigenvalue weighted by atomic mass is 10.0. The van der Waals surface area contributed by atoms with Gasteiger partial charge in [0.05, 0.1) is 29.6 Å². The third kappa shape index (κ3) is 2.98. The zero-order chi connectivity index (χ0) is 13.8. The molecular formula is C14H20N2O3. The van der Waals surface area contributed by atoms with Crippen molar-refractivity contribution in [1.29, 1.82) is 0 Å². The zero-order valence-electron chi connectivity index (χ0n) is 11.1. The fourth-order valence-corrected chi connectivity index (χ4v) is 2.45. The Hall–Kier alpha value is -1.75. The molecule has 1 unspecified atom stereocenters. The van der Waals surface area contributed by atoms with Crippen molar-refractivity contribution in [3.63, 3.8) is 0 Å². The average Bonchev–Trinajstić information content (AvgIpc) is 2.38. The van der Waals surface area contributed by atoms with Crippen molar-refractivity contribution >= 4 is 17.3 Å². The molecule has 1 aromatic rings. The Bertz CT molecular complexity index is 462. The summed E-state index contributed by atoms with van der Waals surface area (Å²) in [6.45, 7) is 3.39. The highest BCUT2D eigenvalue weighted by molar-refractivity contribution is 5.99. The number of piperidine rings is 1. The minimum Gasteiger partial charge on any atom is -0.462 e. The van der Waals surface area contributed by atoms with Crippen LogP contribution in [0.5, 0.6) is 0 Å². The number of nitrogens with zero attached hydrogens (tertiary/aromatic N) is 1. The molecule has 1 aliphatic rings. The summed E-state index contributed by atoms with van der Waals surface area (Å²) in [5, 5.41) is 9.77. The van der Waals surface area contributed by atoms with Gasteiger partial charge < -0.3 is 20.5 Å². The number of anilines is 2. The molecular weight excluding hydrogens is 244 g/mol. The topological polar surface area (TPSA) is 75.8 Å². The van der Waals surface area contributed by atoms with Gasteiger partial charge in [0, 0.05) is 13.1 Å². The van der Waals surface area contributed by atoms with E-state index in [9.17, 15) is 9.90 Å². The molecule has 0 spiro atoms. The van der Waals surface area contributed by atoms with E-state index in [4.69, 9.17) is 10.5 Å². The molecule has 1 fully saturated rings. The van der Waals surface area contributed by atoms with Gasteiger partial charge in [-0.1, -0.05) is 6.07 Å². The predicted octanol–water partition coefficient (Wildman–Crippen LogP) is 1.41. The van der Waals surface area contributed by atoms with Crippen molar-refractivity contribution in [3.8, 4) is 0 Å². The Balaban J connectivity index is 2.34. The number of esters is 1. The number of β-amino-alcohol motifs (C(OH)–C–C–N with tert-alkyl or cyclic N) is 1. The van der Waals surface area contributed by atoms with E-state index in [1.54, 1.807) is 25.1 Å². The Labute approximate surface area is 113 Å². The van der Waals surface area contributed by atoms with Crippen molar-refractivity contribution in [2.24, 2.45) is 0 Å². The molecule has 3 N–H and O–H groups in total. The van der Waals surface area contributed by atoms with Gasteiger partial charge in [0.15, 0.2) is 0 Å². The maximum atomic E-state index is 12.0. The Kier molecular flexibility index (Phi) is 4.27. The molecule has 1 heterocycles. The second-order valence-corrected chi connectivity index (χ2v) is 4.71. The van der Waals surface area contributed by atoms with Gasteiger partial charge in [-0.3, -0.25) is 0 Å². The van der Waals surface area contributed by atoms with E-state index in [-0.39, 0.29) is 12.1 Å². The Morgan fingerprint density at radius 2 is 2.37 bits per heavy atom. The SMILES string of the molecule is CCOC(=O)c1cccc(N)c1N1CCCC(O)C1. The number of rotatable bonds is 3. The van der Waals surface area contributed by atoms with Gasteiger partial charge in [-0.15, -0.1) is 0 Å². The first-order chi connectivity index (χ1) is 9.13. The van der Waals surface area contributed by atoms with Crippen LogP contribution in [0.1, 0.15) is 30.1 Å². The molecule has 0 bridgehead atoms. The first-order valence-corrected chi connectivity index (χ1v) is 6.62. The number of benzene rings is 1. The summed E-state index contributed by atoms with van der Waals surface area (Å²) >= 11 is 0. The van der Waals surface area contributed by atoms with Crippen LogP contribution in [-0.4, -0.2) is 36.9 Å². The van der Waals surface area contributed by atoms with Crippen LogP contribution in [0.2, 0.25) is 0 Å². The van der Waals surface area contributed by atoms with E-state index in [1.165, 1.54) is 0 Å². The molecule has 104 valence electrons. The minimum atomic E-state index is -0.372. The first-order valence-electron chi connectivity index (χ1n) is 6.62. The molecule has 19 heavy (non-hydrogen) atoms. The standard InChI is InChI=1S/C14H20N2O3/c1-2-19-14(18)11-6-3-7-12(15)13(11)16-8-4-5-10(17)9-16/h3,6-7,10,17H,2,4-5,8-9,15H2,1H3. The minimum absolute atomic E-state index is 0.329. The molecule has 0 radical (unpaired) electrons. The second-order valence-electron chi connectivity index (χ2n) is 4.71. The number of nitrogen functional groups attached to an aromatic ring is 1. The quantitative estimate of drug-likeness (QED) is 0.637. The molecule has 1 aliphatic heterocycles. The number of para-hydroxylation sites is 1. The lowest BCUT2D eigenvalue weighted by molar-refractivity contribution is 0.0526. The number of aliphatic hydroxyl groups excluding tert-OH is 1. The van der Waals surface area contributed by atoms with E-state index in [0.29, 0.717) is 30.1 Å². The third-order valence-electron chi connectivity index (χ3n) is 3.28. The van der Waals surface area contributed by atoms with E-state index < -0.39 is 0 Å². The summed E-state index contributed by atoms with van der Waals surface area (Å²) in [5.41, 5.74) is 7.69. The maximum Gasteiger partial charge on any atom is 0.340 e. The summed E-state index contributed by atoms with van der Waals surface area (Å²) in [5.74, 6) is -0.370. The van der Waals surface area contributed by atoms with Crippen LogP contribution >= 0.6 is 0 Å². The normalized spacial score (nSPS) is 19.3. The molecule has 1 aromatic carbocycles. The smallest absolute Gasteiger partial charge is 0.340 e. The molecule has 0 aromatic heterocycles. The number of carbonyl (C=O) groups is 1. The van der Waals surface area contributed by atoms with Crippen LogP contribution in [0, 0.1) is 0 Å². The van der Waals surface area contributed by atoms with Crippen LogP contribution in [0.4, 0.5) is 11.4 Å². The molecule has 2 rings (SSSR count). The molecule has 0 aliphatic carbocycles. The molecule has 1 atom stereocenters. The molecule has 5 nitrogen and oxygen atoms in total. The van der Waals surface area contributed by atoms with Gasteiger partial charge in [0.2, 0.25) is 0 Å². The fraction of sp³-hybridized carbons (Fsp3) is 0.500. The molecule has 0 amide bonds. The van der Waals surface area contributed by atoms with Crippen molar-refractivity contribution in [2.75, 3.05) is 30.3 Å². The summed E-state index contributed by atoms with van der Waals surface area (Å²) in [6.07, 6.45) is 1.30. The highest BCUT2D eigenvalue weighted by Crippen LogP contribution is 2.30. The van der Waals surface area contributed by atoms with Gasteiger partial charge in [0.1, 0.15) is 0 Å². The van der Waals surface area contributed by atoms with E-state index in [2.05, 4.69) is 0 Å². The van der Waals surface area contributed by atoms with E-state index in [1.807, 2.05) is 4.90 Å². The van der Waals surface area contributed by atoms with Gasteiger partial charge in [-0.25, -0.2) is 4.79 Å². The molecule has 5 heteroatoms. The monoisotopic (exact) mass is 264 g/mol. The highest BCUT2D eigenvalue weighted by Gasteiger charge is 2.24. The van der Waals surface area contributed by atoms with Gasteiger partial charge in [-0.2, -0.15) is 0 Å². The predicted molar refractivity (Wildman–Crippen MR) is 74.3 cm³/mol. The van der Waals surface area contributed by atoms with E-state index in [0.717, 1.165) is 19.4 Å². The van der Waals surface area contributed by atoms with E-state index >= 15 is 0 Å². The number of carbonyl (C=O) groups excluding carboxylic acids is 1. The van der Waals surface area contributed by atoms with Crippen LogP contribution in [0.15, 0.2) is 18.2 Å². The van der Waals surface area contributed by atoms with Crippen molar-refractivity contribution in [2.45, 2.75) is 25.9 Å². The second kappa shape index (κ2) is 5.93. The van der Waals surface area contributed by atoms with Gasteiger partial charge >= 0.3 is 5.97 Å². The maximum absolute atomic E-state index is 12.0. The summed E-state index contributed by atoms with van der Waals surface area (Å²) in [6, 6.07) is 5.22. The lowest BCUT2D eigenvalue weighted by Gasteiger charge is -2.33. The number of hydrogen-bond acceptors (Lipinski definition) is 5. The fourth-order valence-electron chi connectivity index (χ4n) is 2.45. The Morgan fingerprint density at radius 3 is 3.05 bits per heavy atom. The third-order valence-corrected chi connectivity index (χ3v) is 3.28. The largest absolute Gasteiger partial charge is 0.462 e. The highest BCUT2D eigenvalue weighted by atomic mass is 16.5.